The second-order valence-electron chi connectivity index (χ2n) is 6.27. The Morgan fingerprint density at radius 3 is 3.00 bits per heavy atom. The van der Waals surface area contributed by atoms with Gasteiger partial charge >= 0.3 is 0 Å². The summed E-state index contributed by atoms with van der Waals surface area (Å²) in [5.41, 5.74) is 0.447. The molecule has 1 fully saturated rings. The first-order valence-electron chi connectivity index (χ1n) is 8.93. The van der Waals surface area contributed by atoms with Crippen LogP contribution in [0.1, 0.15) is 34.7 Å². The number of rotatable bonds is 7. The molecule has 2 aromatic rings. The summed E-state index contributed by atoms with van der Waals surface area (Å²) in [5.74, 6) is 1.06. The van der Waals surface area contributed by atoms with Crippen molar-refractivity contribution in [3.63, 3.8) is 0 Å². The molecule has 1 atom stereocenters. The highest BCUT2D eigenvalue weighted by molar-refractivity contribution is 5.91. The molecule has 1 aromatic carbocycles. The Morgan fingerprint density at radius 1 is 1.33 bits per heavy atom. The predicted octanol–water partition coefficient (Wildman–Crippen LogP) is 2.34. The molecule has 3 rings (SSSR count). The van der Waals surface area contributed by atoms with Crippen molar-refractivity contribution in [3.8, 4) is 11.8 Å². The second-order valence-corrected chi connectivity index (χ2v) is 6.27. The SMILES string of the molecule is N#Cc1ccccc1OCc1ccc(C(=O)N2CCC[C@@H](OCCO)C2)o1. The van der Waals surface area contributed by atoms with Crippen LogP contribution in [0.3, 0.4) is 0 Å². The van der Waals surface area contributed by atoms with Crippen LogP contribution in [0.2, 0.25) is 0 Å². The maximum atomic E-state index is 12.7. The van der Waals surface area contributed by atoms with Crippen molar-refractivity contribution in [1.29, 1.82) is 5.26 Å². The van der Waals surface area contributed by atoms with Gasteiger partial charge in [-0.2, -0.15) is 5.26 Å². The summed E-state index contributed by atoms with van der Waals surface area (Å²) in [6, 6.07) is 12.4. The van der Waals surface area contributed by atoms with Crippen molar-refractivity contribution >= 4 is 5.91 Å². The molecule has 1 saturated heterocycles. The molecule has 0 saturated carbocycles. The Bertz CT molecular complexity index is 811. The molecule has 1 aromatic heterocycles. The van der Waals surface area contributed by atoms with Crippen LogP contribution in [-0.4, -0.2) is 48.3 Å². The van der Waals surface area contributed by atoms with Crippen LogP contribution >= 0.6 is 0 Å². The Balaban J connectivity index is 1.58. The van der Waals surface area contributed by atoms with E-state index in [2.05, 4.69) is 6.07 Å². The molecule has 1 amide bonds. The molecule has 0 bridgehead atoms. The molecule has 2 heterocycles. The van der Waals surface area contributed by atoms with Crippen molar-refractivity contribution < 1.29 is 23.8 Å². The second kappa shape index (κ2) is 9.21. The number of piperidine rings is 1. The van der Waals surface area contributed by atoms with Crippen LogP contribution in [-0.2, 0) is 11.3 Å². The van der Waals surface area contributed by atoms with E-state index in [0.29, 0.717) is 30.2 Å². The van der Waals surface area contributed by atoms with Crippen molar-refractivity contribution in [1.82, 2.24) is 4.90 Å². The molecule has 1 aliphatic heterocycles. The van der Waals surface area contributed by atoms with E-state index in [0.717, 1.165) is 12.8 Å². The largest absolute Gasteiger partial charge is 0.484 e. The van der Waals surface area contributed by atoms with E-state index in [9.17, 15) is 4.79 Å². The number of nitriles is 1. The highest BCUT2D eigenvalue weighted by Crippen LogP contribution is 2.21. The summed E-state index contributed by atoms with van der Waals surface area (Å²) < 4.78 is 16.8. The fourth-order valence-corrected chi connectivity index (χ4v) is 3.04. The maximum Gasteiger partial charge on any atom is 0.289 e. The van der Waals surface area contributed by atoms with Crippen LogP contribution in [0.5, 0.6) is 5.75 Å². The number of benzene rings is 1. The normalized spacial score (nSPS) is 16.7. The Morgan fingerprint density at radius 2 is 2.19 bits per heavy atom. The van der Waals surface area contributed by atoms with Crippen LogP contribution in [0.25, 0.3) is 0 Å². The van der Waals surface area contributed by atoms with Gasteiger partial charge in [-0.15, -0.1) is 0 Å². The van der Waals surface area contributed by atoms with Crippen molar-refractivity contribution in [2.75, 3.05) is 26.3 Å². The highest BCUT2D eigenvalue weighted by atomic mass is 16.5. The van der Waals surface area contributed by atoms with Gasteiger partial charge in [0.1, 0.15) is 24.2 Å². The quantitative estimate of drug-likeness (QED) is 0.804. The van der Waals surface area contributed by atoms with Crippen LogP contribution in [0.15, 0.2) is 40.8 Å². The van der Waals surface area contributed by atoms with E-state index in [4.69, 9.17) is 24.3 Å². The lowest BCUT2D eigenvalue weighted by molar-refractivity contribution is -0.0118. The first kappa shape index (κ1) is 19.0. The number of aliphatic hydroxyl groups is 1. The van der Waals surface area contributed by atoms with Gasteiger partial charge in [0.15, 0.2) is 5.76 Å². The molecule has 0 spiro atoms. The molecular formula is C20H22N2O5. The molecule has 1 N–H and O–H groups in total. The Labute approximate surface area is 157 Å². The molecule has 7 nitrogen and oxygen atoms in total. The van der Waals surface area contributed by atoms with Crippen LogP contribution in [0.4, 0.5) is 0 Å². The first-order chi connectivity index (χ1) is 13.2. The zero-order valence-corrected chi connectivity index (χ0v) is 15.0. The summed E-state index contributed by atoms with van der Waals surface area (Å²) in [7, 11) is 0. The van der Waals surface area contributed by atoms with E-state index in [-0.39, 0.29) is 37.6 Å². The smallest absolute Gasteiger partial charge is 0.289 e. The summed E-state index contributed by atoms with van der Waals surface area (Å²) in [6.07, 6.45) is 1.66. The van der Waals surface area contributed by atoms with E-state index >= 15 is 0 Å². The van der Waals surface area contributed by atoms with Gasteiger partial charge in [-0.1, -0.05) is 12.1 Å². The lowest BCUT2D eigenvalue weighted by atomic mass is 10.1. The predicted molar refractivity (Wildman–Crippen MR) is 96.2 cm³/mol. The zero-order chi connectivity index (χ0) is 19.1. The van der Waals surface area contributed by atoms with E-state index in [1.54, 1.807) is 41.3 Å². The van der Waals surface area contributed by atoms with Crippen LogP contribution < -0.4 is 4.74 Å². The lowest BCUT2D eigenvalue weighted by Crippen LogP contribution is -2.43. The van der Waals surface area contributed by atoms with Gasteiger partial charge in [0, 0.05) is 13.1 Å². The minimum atomic E-state index is -0.184. The number of para-hydroxylation sites is 1. The van der Waals surface area contributed by atoms with E-state index in [1.807, 2.05) is 0 Å². The number of aliphatic hydroxyl groups excluding tert-OH is 1. The molecule has 0 radical (unpaired) electrons. The third-order valence-electron chi connectivity index (χ3n) is 4.36. The molecule has 142 valence electrons. The fourth-order valence-electron chi connectivity index (χ4n) is 3.04. The molecule has 1 aliphatic rings. The summed E-state index contributed by atoms with van der Waals surface area (Å²) in [4.78, 5) is 14.4. The van der Waals surface area contributed by atoms with E-state index < -0.39 is 0 Å². The van der Waals surface area contributed by atoms with Gasteiger partial charge in [0.25, 0.3) is 5.91 Å². The fraction of sp³-hybridized carbons (Fsp3) is 0.400. The van der Waals surface area contributed by atoms with E-state index in [1.165, 1.54) is 0 Å². The number of furan rings is 1. The highest BCUT2D eigenvalue weighted by Gasteiger charge is 2.26. The lowest BCUT2D eigenvalue weighted by Gasteiger charge is -2.32. The molecule has 0 aliphatic carbocycles. The number of hydrogen-bond acceptors (Lipinski definition) is 6. The minimum absolute atomic E-state index is 0.0269. The monoisotopic (exact) mass is 370 g/mol. The maximum absolute atomic E-state index is 12.7. The van der Waals surface area contributed by atoms with Gasteiger partial charge in [-0.05, 0) is 37.1 Å². The number of likely N-dealkylation sites (tertiary alicyclic amines) is 1. The third-order valence-corrected chi connectivity index (χ3v) is 4.36. The van der Waals surface area contributed by atoms with Crippen molar-refractivity contribution in [2.24, 2.45) is 0 Å². The van der Waals surface area contributed by atoms with Crippen LogP contribution in [0, 0.1) is 11.3 Å². The first-order valence-corrected chi connectivity index (χ1v) is 8.93. The topological polar surface area (TPSA) is 95.9 Å². The van der Waals surface area contributed by atoms with Gasteiger partial charge in [0.05, 0.1) is 24.9 Å². The number of amides is 1. The molecule has 27 heavy (non-hydrogen) atoms. The summed E-state index contributed by atoms with van der Waals surface area (Å²) in [6.45, 7) is 1.52. The van der Waals surface area contributed by atoms with Crippen molar-refractivity contribution in [3.05, 3.63) is 53.5 Å². The van der Waals surface area contributed by atoms with Gasteiger partial charge in [-0.3, -0.25) is 4.79 Å². The van der Waals surface area contributed by atoms with Gasteiger partial charge < -0.3 is 23.9 Å². The Hall–Kier alpha value is -2.82. The summed E-state index contributed by atoms with van der Waals surface area (Å²) in [5, 5.41) is 18.0. The third kappa shape index (κ3) is 4.88. The summed E-state index contributed by atoms with van der Waals surface area (Å²) >= 11 is 0. The number of carbonyl (C=O) groups is 1. The molecule has 0 unspecified atom stereocenters. The number of nitrogens with zero attached hydrogens (tertiary/aromatic N) is 2. The van der Waals surface area contributed by atoms with Crippen molar-refractivity contribution in [2.45, 2.75) is 25.6 Å². The van der Waals surface area contributed by atoms with Gasteiger partial charge in [-0.25, -0.2) is 0 Å². The average molecular weight is 370 g/mol. The zero-order valence-electron chi connectivity index (χ0n) is 15.0. The molecule has 7 heteroatoms. The standard InChI is InChI=1S/C20H22N2O5/c21-12-15-4-1-2-6-18(15)26-14-17-7-8-19(27-17)20(24)22-9-3-5-16(13-22)25-11-10-23/h1-2,4,6-8,16,23H,3,5,9-11,13-14H2/t16-/m1/s1. The van der Waals surface area contributed by atoms with Gasteiger partial charge in [0.2, 0.25) is 0 Å². The Kier molecular flexibility index (Phi) is 6.47. The molecular weight excluding hydrogens is 348 g/mol. The number of hydrogen-bond donors (Lipinski definition) is 1. The number of carbonyl (C=O) groups excluding carboxylic acids is 1. The minimum Gasteiger partial charge on any atom is -0.484 e. The number of ether oxygens (including phenoxy) is 2. The average Bonchev–Trinajstić information content (AvgIpc) is 3.19.